The fourth-order valence-corrected chi connectivity index (χ4v) is 3.48. The minimum atomic E-state index is -0.274. The molecule has 5 heteroatoms. The molecule has 0 aliphatic carbocycles. The van der Waals surface area contributed by atoms with Crippen molar-refractivity contribution >= 4 is 5.91 Å². The quantitative estimate of drug-likeness (QED) is 0.914. The molecule has 2 atom stereocenters. The summed E-state index contributed by atoms with van der Waals surface area (Å²) < 4.78 is 5.19. The van der Waals surface area contributed by atoms with E-state index in [4.69, 9.17) is 4.74 Å². The number of likely N-dealkylation sites (tertiary alicyclic amines) is 2. The molecule has 1 aromatic carbocycles. The van der Waals surface area contributed by atoms with Crippen LogP contribution in [0.15, 0.2) is 24.3 Å². The zero-order chi connectivity index (χ0) is 15.5. The molecule has 2 fully saturated rings. The number of ether oxygens (including phenoxy) is 1. The third-order valence-electron chi connectivity index (χ3n) is 4.68. The fourth-order valence-electron chi connectivity index (χ4n) is 3.48. The summed E-state index contributed by atoms with van der Waals surface area (Å²) in [5.41, 5.74) is 1.17. The van der Waals surface area contributed by atoms with E-state index in [0.29, 0.717) is 13.1 Å². The molecule has 1 unspecified atom stereocenters. The summed E-state index contributed by atoms with van der Waals surface area (Å²) in [6.07, 6.45) is 2.56. The number of amides is 1. The molecule has 0 bridgehead atoms. The van der Waals surface area contributed by atoms with E-state index in [1.165, 1.54) is 5.56 Å². The van der Waals surface area contributed by atoms with E-state index in [9.17, 15) is 9.90 Å². The highest BCUT2D eigenvalue weighted by atomic mass is 16.5. The van der Waals surface area contributed by atoms with Crippen LogP contribution in [-0.2, 0) is 4.79 Å². The molecule has 0 saturated carbocycles. The molecular formula is C17H24N2O3. The third kappa shape index (κ3) is 3.25. The van der Waals surface area contributed by atoms with E-state index in [0.717, 1.165) is 38.1 Å². The van der Waals surface area contributed by atoms with Crippen LogP contribution in [0.2, 0.25) is 0 Å². The van der Waals surface area contributed by atoms with Crippen molar-refractivity contribution in [1.29, 1.82) is 0 Å². The molecule has 22 heavy (non-hydrogen) atoms. The highest BCUT2D eigenvalue weighted by molar-refractivity contribution is 5.79. The number of benzene rings is 1. The molecule has 1 aromatic rings. The number of hydrogen-bond acceptors (Lipinski definition) is 4. The SMILES string of the molecule is COc1ccc(C2CCCN2C(=O)CN2CC[C@H](O)C2)cc1. The number of β-amino-alcohol motifs (C(OH)–C–C–N with tert-alkyl or cyclic N) is 1. The Balaban J connectivity index is 1.65. The molecule has 3 rings (SSSR count). The number of carbonyl (C=O) groups is 1. The zero-order valence-electron chi connectivity index (χ0n) is 13.1. The lowest BCUT2D eigenvalue weighted by Crippen LogP contribution is -2.39. The largest absolute Gasteiger partial charge is 0.497 e. The average Bonchev–Trinajstić information content (AvgIpc) is 3.16. The minimum Gasteiger partial charge on any atom is -0.497 e. The summed E-state index contributed by atoms with van der Waals surface area (Å²) in [5.74, 6) is 1.01. The van der Waals surface area contributed by atoms with E-state index in [2.05, 4.69) is 17.0 Å². The van der Waals surface area contributed by atoms with Gasteiger partial charge in [-0.3, -0.25) is 9.69 Å². The monoisotopic (exact) mass is 304 g/mol. The Kier molecular flexibility index (Phi) is 4.64. The number of hydrogen-bond donors (Lipinski definition) is 1. The Labute approximate surface area is 131 Å². The summed E-state index contributed by atoms with van der Waals surface area (Å²) in [6.45, 7) is 2.68. The van der Waals surface area contributed by atoms with Crippen molar-refractivity contribution in [2.45, 2.75) is 31.4 Å². The molecule has 1 N–H and O–H groups in total. The lowest BCUT2D eigenvalue weighted by Gasteiger charge is -2.27. The summed E-state index contributed by atoms with van der Waals surface area (Å²) in [7, 11) is 1.66. The fraction of sp³-hybridized carbons (Fsp3) is 0.588. The van der Waals surface area contributed by atoms with Gasteiger partial charge in [0, 0.05) is 19.6 Å². The topological polar surface area (TPSA) is 53.0 Å². The molecule has 120 valence electrons. The Hall–Kier alpha value is -1.59. The van der Waals surface area contributed by atoms with Gasteiger partial charge in [-0.15, -0.1) is 0 Å². The summed E-state index contributed by atoms with van der Waals surface area (Å²) in [6, 6.07) is 8.18. The summed E-state index contributed by atoms with van der Waals surface area (Å²) >= 11 is 0. The molecule has 5 nitrogen and oxygen atoms in total. The van der Waals surface area contributed by atoms with Gasteiger partial charge in [-0.1, -0.05) is 12.1 Å². The van der Waals surface area contributed by atoms with Crippen LogP contribution >= 0.6 is 0 Å². The number of rotatable bonds is 4. The number of methoxy groups -OCH3 is 1. The van der Waals surface area contributed by atoms with Gasteiger partial charge in [0.25, 0.3) is 0 Å². The van der Waals surface area contributed by atoms with E-state index < -0.39 is 0 Å². The maximum Gasteiger partial charge on any atom is 0.237 e. The predicted octanol–water partition coefficient (Wildman–Crippen LogP) is 1.43. The molecule has 0 spiro atoms. The van der Waals surface area contributed by atoms with Gasteiger partial charge in [0.1, 0.15) is 5.75 Å². The summed E-state index contributed by atoms with van der Waals surface area (Å²) in [4.78, 5) is 16.6. The van der Waals surface area contributed by atoms with Crippen molar-refractivity contribution < 1.29 is 14.6 Å². The lowest BCUT2D eigenvalue weighted by molar-refractivity contribution is -0.133. The van der Waals surface area contributed by atoms with Crippen LogP contribution in [0.25, 0.3) is 0 Å². The van der Waals surface area contributed by atoms with Crippen molar-refractivity contribution in [3.63, 3.8) is 0 Å². The minimum absolute atomic E-state index is 0.172. The second-order valence-electron chi connectivity index (χ2n) is 6.20. The molecule has 2 heterocycles. The van der Waals surface area contributed by atoms with Crippen LogP contribution in [0.5, 0.6) is 5.75 Å². The van der Waals surface area contributed by atoms with Gasteiger partial charge < -0.3 is 14.7 Å². The number of carbonyl (C=O) groups excluding carboxylic acids is 1. The molecule has 2 saturated heterocycles. The van der Waals surface area contributed by atoms with Gasteiger partial charge in [-0.25, -0.2) is 0 Å². The van der Waals surface area contributed by atoms with Gasteiger partial charge in [-0.2, -0.15) is 0 Å². The average molecular weight is 304 g/mol. The third-order valence-corrected chi connectivity index (χ3v) is 4.68. The second-order valence-corrected chi connectivity index (χ2v) is 6.20. The standard InChI is InChI=1S/C17H24N2O3/c1-22-15-6-4-13(5-7-15)16-3-2-9-19(16)17(21)12-18-10-8-14(20)11-18/h4-7,14,16,20H,2-3,8-12H2,1H3/t14-,16?/m0/s1. The first-order chi connectivity index (χ1) is 10.7. The van der Waals surface area contributed by atoms with Crippen LogP contribution in [-0.4, -0.2) is 60.2 Å². The normalized spacial score (nSPS) is 25.6. The number of aliphatic hydroxyl groups is 1. The highest BCUT2D eigenvalue weighted by Gasteiger charge is 2.32. The van der Waals surface area contributed by atoms with Gasteiger partial charge in [0.15, 0.2) is 0 Å². The zero-order valence-corrected chi connectivity index (χ0v) is 13.1. The highest BCUT2D eigenvalue weighted by Crippen LogP contribution is 2.33. The van der Waals surface area contributed by atoms with Gasteiger partial charge in [-0.05, 0) is 37.0 Å². The maximum absolute atomic E-state index is 12.6. The van der Waals surface area contributed by atoms with Gasteiger partial charge in [0.05, 0.1) is 25.8 Å². The van der Waals surface area contributed by atoms with Gasteiger partial charge in [0.2, 0.25) is 5.91 Å². The maximum atomic E-state index is 12.6. The first-order valence-corrected chi connectivity index (χ1v) is 8.01. The first-order valence-electron chi connectivity index (χ1n) is 8.01. The van der Waals surface area contributed by atoms with Crippen molar-refractivity contribution in [2.24, 2.45) is 0 Å². The smallest absolute Gasteiger partial charge is 0.237 e. The van der Waals surface area contributed by atoms with Crippen LogP contribution in [0, 0.1) is 0 Å². The van der Waals surface area contributed by atoms with E-state index in [1.807, 2.05) is 17.0 Å². The Morgan fingerprint density at radius 3 is 2.68 bits per heavy atom. The van der Waals surface area contributed by atoms with Crippen LogP contribution < -0.4 is 4.74 Å². The van der Waals surface area contributed by atoms with Crippen molar-refractivity contribution in [1.82, 2.24) is 9.80 Å². The molecule has 0 radical (unpaired) electrons. The molecule has 2 aliphatic rings. The van der Waals surface area contributed by atoms with E-state index in [1.54, 1.807) is 7.11 Å². The number of nitrogens with zero attached hydrogens (tertiary/aromatic N) is 2. The molecule has 2 aliphatic heterocycles. The van der Waals surface area contributed by atoms with E-state index >= 15 is 0 Å². The summed E-state index contributed by atoms with van der Waals surface area (Å²) in [5, 5.41) is 9.58. The Morgan fingerprint density at radius 2 is 2.05 bits per heavy atom. The van der Waals surface area contributed by atoms with Crippen LogP contribution in [0.1, 0.15) is 30.9 Å². The van der Waals surface area contributed by atoms with E-state index in [-0.39, 0.29) is 18.1 Å². The van der Waals surface area contributed by atoms with Crippen molar-refractivity contribution in [3.8, 4) is 5.75 Å². The molecular weight excluding hydrogens is 280 g/mol. The van der Waals surface area contributed by atoms with Crippen LogP contribution in [0.4, 0.5) is 0 Å². The molecule has 0 aromatic heterocycles. The lowest BCUT2D eigenvalue weighted by atomic mass is 10.0. The van der Waals surface area contributed by atoms with Crippen molar-refractivity contribution in [3.05, 3.63) is 29.8 Å². The first kappa shape index (κ1) is 15.3. The number of aliphatic hydroxyl groups excluding tert-OH is 1. The molecule has 1 amide bonds. The second kappa shape index (κ2) is 6.67. The Morgan fingerprint density at radius 1 is 1.27 bits per heavy atom. The van der Waals surface area contributed by atoms with Crippen molar-refractivity contribution in [2.75, 3.05) is 33.3 Å². The van der Waals surface area contributed by atoms with Gasteiger partial charge >= 0.3 is 0 Å². The van der Waals surface area contributed by atoms with Crippen LogP contribution in [0.3, 0.4) is 0 Å². The Bertz CT molecular complexity index is 517. The predicted molar refractivity (Wildman–Crippen MR) is 83.7 cm³/mol.